The molecule has 0 bridgehead atoms. The third-order valence-corrected chi connectivity index (χ3v) is 4.50. The quantitative estimate of drug-likeness (QED) is 0.350. The molecule has 32 heavy (non-hydrogen) atoms. The van der Waals surface area contributed by atoms with E-state index in [1.807, 2.05) is 48.5 Å². The number of carbonyl (C=O) groups is 2. The Morgan fingerprint density at radius 2 is 1.34 bits per heavy atom. The molecular weight excluding hydrogens is 406 g/mol. The number of para-hydroxylation sites is 2. The summed E-state index contributed by atoms with van der Waals surface area (Å²) in [5.74, 6) is 0.460. The minimum absolute atomic E-state index is 0.168. The summed E-state index contributed by atoms with van der Waals surface area (Å²) in [6, 6.07) is 26.6. The summed E-state index contributed by atoms with van der Waals surface area (Å²) in [5, 5.41) is 8.27. The fourth-order valence-corrected chi connectivity index (χ4v) is 3.00. The number of rotatable bonds is 7. The second-order valence-corrected chi connectivity index (χ2v) is 6.86. The second kappa shape index (κ2) is 9.99. The fraction of sp³-hybridized carbons (Fsp3) is 0.0400. The van der Waals surface area contributed by atoms with Gasteiger partial charge < -0.3 is 25.1 Å². The zero-order valence-corrected chi connectivity index (χ0v) is 17.1. The number of ether oxygens (including phenoxy) is 1. The molecule has 4 rings (SSSR count). The summed E-state index contributed by atoms with van der Waals surface area (Å²) >= 11 is 0. The van der Waals surface area contributed by atoms with E-state index in [9.17, 15) is 9.59 Å². The van der Waals surface area contributed by atoms with Gasteiger partial charge in [-0.3, -0.25) is 4.79 Å². The molecular formula is C25H21N3O4. The molecule has 160 valence electrons. The third kappa shape index (κ3) is 5.54. The van der Waals surface area contributed by atoms with Gasteiger partial charge in [-0.25, -0.2) is 4.79 Å². The highest BCUT2D eigenvalue weighted by Crippen LogP contribution is 2.20. The fourth-order valence-electron chi connectivity index (χ4n) is 3.00. The van der Waals surface area contributed by atoms with Crippen LogP contribution < -0.4 is 20.7 Å². The second-order valence-electron chi connectivity index (χ2n) is 6.86. The van der Waals surface area contributed by atoms with Crippen molar-refractivity contribution in [2.24, 2.45) is 0 Å². The molecule has 0 aliphatic rings. The van der Waals surface area contributed by atoms with Gasteiger partial charge in [0.2, 0.25) is 0 Å². The van der Waals surface area contributed by atoms with E-state index in [0.717, 1.165) is 0 Å². The van der Waals surface area contributed by atoms with Crippen molar-refractivity contribution in [1.29, 1.82) is 0 Å². The Balaban J connectivity index is 1.37. The van der Waals surface area contributed by atoms with Crippen molar-refractivity contribution in [1.82, 2.24) is 0 Å². The standard InChI is InChI=1S/C25H21N3O4/c29-24(23-18(14-15-31-23)17-32-22-12-5-2-6-13-22)26-20-10-7-11-21(16-20)28-25(30)27-19-8-3-1-4-9-19/h1-16H,17H2,(H,26,29)(H2,27,28,30). The molecule has 0 aliphatic heterocycles. The first-order valence-electron chi connectivity index (χ1n) is 9.96. The number of hydrogen-bond donors (Lipinski definition) is 3. The number of benzene rings is 3. The highest BCUT2D eigenvalue weighted by molar-refractivity contribution is 6.04. The molecule has 3 amide bonds. The Hall–Kier alpha value is -4.52. The van der Waals surface area contributed by atoms with Crippen LogP contribution in [0.1, 0.15) is 16.1 Å². The summed E-state index contributed by atoms with van der Waals surface area (Å²) < 4.78 is 11.1. The molecule has 0 unspecified atom stereocenters. The number of anilines is 3. The van der Waals surface area contributed by atoms with Gasteiger partial charge in [0.15, 0.2) is 5.76 Å². The SMILES string of the molecule is O=C(Nc1ccccc1)Nc1cccc(NC(=O)c2occc2COc2ccccc2)c1. The summed E-state index contributed by atoms with van der Waals surface area (Å²) in [7, 11) is 0. The van der Waals surface area contributed by atoms with Gasteiger partial charge in [0.05, 0.1) is 6.26 Å². The maximum Gasteiger partial charge on any atom is 0.323 e. The number of carbonyl (C=O) groups excluding carboxylic acids is 2. The van der Waals surface area contributed by atoms with Crippen LogP contribution in [-0.2, 0) is 6.61 Å². The van der Waals surface area contributed by atoms with Gasteiger partial charge in [0.1, 0.15) is 12.4 Å². The van der Waals surface area contributed by atoms with Crippen LogP contribution in [0, 0.1) is 0 Å². The predicted octanol–water partition coefficient (Wildman–Crippen LogP) is 5.75. The Kier molecular flexibility index (Phi) is 6.48. The molecule has 7 heteroatoms. The van der Waals surface area contributed by atoms with Crippen molar-refractivity contribution < 1.29 is 18.7 Å². The van der Waals surface area contributed by atoms with Crippen LogP contribution >= 0.6 is 0 Å². The van der Waals surface area contributed by atoms with Crippen LogP contribution in [0.2, 0.25) is 0 Å². The summed E-state index contributed by atoms with van der Waals surface area (Å²) in [6.07, 6.45) is 1.45. The highest BCUT2D eigenvalue weighted by Gasteiger charge is 2.16. The molecule has 3 aromatic carbocycles. The van der Waals surface area contributed by atoms with Crippen molar-refractivity contribution >= 4 is 29.0 Å². The summed E-state index contributed by atoms with van der Waals surface area (Å²) in [6.45, 7) is 0.199. The van der Waals surface area contributed by atoms with Crippen LogP contribution in [-0.4, -0.2) is 11.9 Å². The lowest BCUT2D eigenvalue weighted by Crippen LogP contribution is -2.19. The van der Waals surface area contributed by atoms with Crippen LogP contribution in [0.3, 0.4) is 0 Å². The molecule has 0 saturated heterocycles. The first-order chi connectivity index (χ1) is 15.7. The first kappa shape index (κ1) is 20.7. The van der Waals surface area contributed by atoms with E-state index in [1.165, 1.54) is 6.26 Å². The van der Waals surface area contributed by atoms with Crippen molar-refractivity contribution in [3.05, 3.63) is 109 Å². The van der Waals surface area contributed by atoms with Gasteiger partial charge in [-0.05, 0) is 48.5 Å². The van der Waals surface area contributed by atoms with Gasteiger partial charge in [0.25, 0.3) is 5.91 Å². The number of nitrogens with one attached hydrogen (secondary N) is 3. The average molecular weight is 427 g/mol. The van der Waals surface area contributed by atoms with Gasteiger partial charge in [0, 0.05) is 22.6 Å². The zero-order valence-electron chi connectivity index (χ0n) is 17.1. The molecule has 1 heterocycles. The van der Waals surface area contributed by atoms with E-state index >= 15 is 0 Å². The maximum atomic E-state index is 12.7. The first-order valence-corrected chi connectivity index (χ1v) is 9.96. The van der Waals surface area contributed by atoms with Crippen LogP contribution in [0.4, 0.5) is 21.9 Å². The maximum absolute atomic E-state index is 12.7. The number of urea groups is 1. The Labute approximate surface area is 185 Å². The Morgan fingerprint density at radius 1 is 0.719 bits per heavy atom. The molecule has 0 spiro atoms. The minimum Gasteiger partial charge on any atom is -0.489 e. The van der Waals surface area contributed by atoms with Crippen LogP contribution in [0.25, 0.3) is 0 Å². The van der Waals surface area contributed by atoms with E-state index < -0.39 is 5.91 Å². The third-order valence-electron chi connectivity index (χ3n) is 4.50. The van der Waals surface area contributed by atoms with Crippen molar-refractivity contribution in [3.8, 4) is 5.75 Å². The Morgan fingerprint density at radius 3 is 2.09 bits per heavy atom. The molecule has 0 atom stereocenters. The smallest absolute Gasteiger partial charge is 0.323 e. The molecule has 0 aliphatic carbocycles. The van der Waals surface area contributed by atoms with Gasteiger partial charge in [-0.2, -0.15) is 0 Å². The van der Waals surface area contributed by atoms with Crippen molar-refractivity contribution in [2.75, 3.05) is 16.0 Å². The topological polar surface area (TPSA) is 92.6 Å². The van der Waals surface area contributed by atoms with Gasteiger partial charge in [-0.15, -0.1) is 0 Å². The summed E-state index contributed by atoms with van der Waals surface area (Å²) in [5.41, 5.74) is 2.35. The van der Waals surface area contributed by atoms with Crippen LogP contribution in [0.5, 0.6) is 5.75 Å². The average Bonchev–Trinajstić information content (AvgIpc) is 3.28. The molecule has 0 radical (unpaired) electrons. The van der Waals surface area contributed by atoms with E-state index in [0.29, 0.717) is 28.4 Å². The molecule has 4 aromatic rings. The molecule has 7 nitrogen and oxygen atoms in total. The lowest BCUT2D eigenvalue weighted by Gasteiger charge is -2.10. The normalized spacial score (nSPS) is 10.2. The lowest BCUT2D eigenvalue weighted by molar-refractivity contribution is 0.0993. The van der Waals surface area contributed by atoms with Gasteiger partial charge >= 0.3 is 6.03 Å². The summed E-state index contributed by atoms with van der Waals surface area (Å²) in [4.78, 5) is 24.9. The van der Waals surface area contributed by atoms with E-state index in [-0.39, 0.29) is 18.4 Å². The molecule has 0 fully saturated rings. The predicted molar refractivity (Wildman–Crippen MR) is 123 cm³/mol. The molecule has 1 aromatic heterocycles. The lowest BCUT2D eigenvalue weighted by atomic mass is 10.2. The number of amides is 3. The minimum atomic E-state index is -0.410. The van der Waals surface area contributed by atoms with E-state index in [4.69, 9.17) is 9.15 Å². The van der Waals surface area contributed by atoms with E-state index in [1.54, 1.807) is 42.5 Å². The van der Waals surface area contributed by atoms with E-state index in [2.05, 4.69) is 16.0 Å². The molecule has 0 saturated carbocycles. The Bertz CT molecular complexity index is 1190. The zero-order chi connectivity index (χ0) is 22.2. The number of furan rings is 1. The van der Waals surface area contributed by atoms with Gasteiger partial charge in [-0.1, -0.05) is 42.5 Å². The largest absolute Gasteiger partial charge is 0.489 e. The van der Waals surface area contributed by atoms with Crippen molar-refractivity contribution in [2.45, 2.75) is 6.61 Å². The highest BCUT2D eigenvalue weighted by atomic mass is 16.5. The monoisotopic (exact) mass is 427 g/mol. The van der Waals surface area contributed by atoms with Crippen molar-refractivity contribution in [3.63, 3.8) is 0 Å². The number of hydrogen-bond acceptors (Lipinski definition) is 4. The van der Waals surface area contributed by atoms with Crippen LogP contribution in [0.15, 0.2) is 102 Å². The molecule has 3 N–H and O–H groups in total.